The minimum absolute atomic E-state index is 0.0221. The van der Waals surface area contributed by atoms with Crippen LogP contribution >= 0.6 is 11.6 Å². The van der Waals surface area contributed by atoms with Crippen molar-refractivity contribution in [2.24, 2.45) is 5.92 Å². The summed E-state index contributed by atoms with van der Waals surface area (Å²) in [6.07, 6.45) is 1.13. The Bertz CT molecular complexity index is 423. The number of rotatable bonds is 6. The van der Waals surface area contributed by atoms with Gasteiger partial charge >= 0.3 is 0 Å². The van der Waals surface area contributed by atoms with Crippen LogP contribution in [0.4, 0.5) is 5.69 Å². The smallest absolute Gasteiger partial charge is 0.288 e. The van der Waals surface area contributed by atoms with E-state index in [0.717, 1.165) is 18.5 Å². The van der Waals surface area contributed by atoms with Gasteiger partial charge in [0.1, 0.15) is 5.02 Å². The second kappa shape index (κ2) is 6.71. The Labute approximate surface area is 113 Å². The largest absolute Gasteiger partial charge is 0.302 e. The summed E-state index contributed by atoms with van der Waals surface area (Å²) in [5.41, 5.74) is 0.892. The Morgan fingerprint density at radius 1 is 1.50 bits per heavy atom. The van der Waals surface area contributed by atoms with Crippen molar-refractivity contribution >= 4 is 17.3 Å². The lowest BCUT2D eigenvalue weighted by atomic mass is 10.1. The van der Waals surface area contributed by atoms with Crippen LogP contribution < -0.4 is 0 Å². The fourth-order valence-corrected chi connectivity index (χ4v) is 2.02. The van der Waals surface area contributed by atoms with Crippen molar-refractivity contribution in [3.05, 3.63) is 38.9 Å². The van der Waals surface area contributed by atoms with Gasteiger partial charge in [0, 0.05) is 19.2 Å². The molecule has 0 heterocycles. The molecule has 0 radical (unpaired) electrons. The predicted molar refractivity (Wildman–Crippen MR) is 73.9 cm³/mol. The van der Waals surface area contributed by atoms with Crippen LogP contribution in [0.3, 0.4) is 0 Å². The summed E-state index contributed by atoms with van der Waals surface area (Å²) >= 11 is 5.78. The van der Waals surface area contributed by atoms with Crippen LogP contribution in [0.1, 0.15) is 25.8 Å². The van der Waals surface area contributed by atoms with Crippen LogP contribution in [0.25, 0.3) is 0 Å². The van der Waals surface area contributed by atoms with E-state index >= 15 is 0 Å². The van der Waals surface area contributed by atoms with Crippen molar-refractivity contribution in [1.29, 1.82) is 0 Å². The standard InChI is InChI=1S/C13H19ClN2O2/c1-4-10(2)8-15(3)9-11-5-6-12(14)13(7-11)16(17)18/h5-7,10H,4,8-9H2,1-3H3. The van der Waals surface area contributed by atoms with Gasteiger partial charge in [-0.15, -0.1) is 0 Å². The third-order valence-electron chi connectivity index (χ3n) is 2.98. The number of halogens is 1. The molecule has 1 aromatic carbocycles. The molecule has 0 amide bonds. The quantitative estimate of drug-likeness (QED) is 0.584. The molecule has 0 aliphatic rings. The lowest BCUT2D eigenvalue weighted by molar-refractivity contribution is -0.384. The fourth-order valence-electron chi connectivity index (χ4n) is 1.83. The van der Waals surface area contributed by atoms with Gasteiger partial charge in [-0.05, 0) is 24.6 Å². The molecule has 0 aliphatic heterocycles. The molecule has 0 aromatic heterocycles. The van der Waals surface area contributed by atoms with E-state index in [1.807, 2.05) is 13.1 Å². The lowest BCUT2D eigenvalue weighted by Gasteiger charge is -2.20. The molecule has 0 saturated carbocycles. The molecular weight excluding hydrogens is 252 g/mol. The molecule has 18 heavy (non-hydrogen) atoms. The lowest BCUT2D eigenvalue weighted by Crippen LogP contribution is -2.23. The van der Waals surface area contributed by atoms with Crippen molar-refractivity contribution in [3.63, 3.8) is 0 Å². The first kappa shape index (κ1) is 14.9. The van der Waals surface area contributed by atoms with Gasteiger partial charge < -0.3 is 4.90 Å². The van der Waals surface area contributed by atoms with E-state index in [0.29, 0.717) is 12.5 Å². The molecule has 0 spiro atoms. The highest BCUT2D eigenvalue weighted by Gasteiger charge is 2.13. The number of nitrogens with zero attached hydrogens (tertiary/aromatic N) is 2. The van der Waals surface area contributed by atoms with E-state index in [9.17, 15) is 10.1 Å². The number of hydrogen-bond acceptors (Lipinski definition) is 3. The zero-order chi connectivity index (χ0) is 13.7. The molecule has 5 heteroatoms. The van der Waals surface area contributed by atoms with Gasteiger partial charge in [0.05, 0.1) is 4.92 Å². The first-order valence-electron chi connectivity index (χ1n) is 6.05. The van der Waals surface area contributed by atoms with Gasteiger partial charge in [0.2, 0.25) is 0 Å². The van der Waals surface area contributed by atoms with Crippen LogP contribution in [0.2, 0.25) is 5.02 Å². The van der Waals surface area contributed by atoms with Crippen LogP contribution in [0.15, 0.2) is 18.2 Å². The molecule has 0 saturated heterocycles. The van der Waals surface area contributed by atoms with Gasteiger partial charge in [-0.2, -0.15) is 0 Å². The van der Waals surface area contributed by atoms with Crippen molar-refractivity contribution in [2.75, 3.05) is 13.6 Å². The molecule has 1 atom stereocenters. The summed E-state index contributed by atoms with van der Waals surface area (Å²) in [6, 6.07) is 4.98. The zero-order valence-corrected chi connectivity index (χ0v) is 11.8. The van der Waals surface area contributed by atoms with Crippen molar-refractivity contribution in [3.8, 4) is 0 Å². The Morgan fingerprint density at radius 2 is 2.17 bits per heavy atom. The molecule has 0 bridgehead atoms. The highest BCUT2D eigenvalue weighted by Crippen LogP contribution is 2.25. The second-order valence-corrected chi connectivity index (χ2v) is 5.16. The maximum absolute atomic E-state index is 10.8. The average Bonchev–Trinajstić information content (AvgIpc) is 2.31. The van der Waals surface area contributed by atoms with E-state index in [4.69, 9.17) is 11.6 Å². The molecule has 100 valence electrons. The monoisotopic (exact) mass is 270 g/mol. The van der Waals surface area contributed by atoms with Gasteiger partial charge in [-0.3, -0.25) is 10.1 Å². The van der Waals surface area contributed by atoms with Crippen molar-refractivity contribution < 1.29 is 4.92 Å². The summed E-state index contributed by atoms with van der Waals surface area (Å²) in [6.45, 7) is 6.03. The predicted octanol–water partition coefficient (Wildman–Crippen LogP) is 3.73. The molecule has 0 N–H and O–H groups in total. The molecule has 4 nitrogen and oxygen atoms in total. The summed E-state index contributed by atoms with van der Waals surface area (Å²) in [4.78, 5) is 12.5. The Kier molecular flexibility index (Phi) is 5.56. The van der Waals surface area contributed by atoms with E-state index in [-0.39, 0.29) is 10.7 Å². The van der Waals surface area contributed by atoms with E-state index in [1.165, 1.54) is 0 Å². The van der Waals surface area contributed by atoms with E-state index in [2.05, 4.69) is 18.7 Å². The summed E-state index contributed by atoms with van der Waals surface area (Å²) in [5, 5.41) is 11.0. The normalized spacial score (nSPS) is 12.7. The molecule has 0 fully saturated rings. The van der Waals surface area contributed by atoms with Crippen molar-refractivity contribution in [2.45, 2.75) is 26.8 Å². The maximum atomic E-state index is 10.8. The van der Waals surface area contributed by atoms with E-state index in [1.54, 1.807) is 12.1 Å². The van der Waals surface area contributed by atoms with Crippen molar-refractivity contribution in [1.82, 2.24) is 4.90 Å². The highest BCUT2D eigenvalue weighted by atomic mass is 35.5. The molecule has 1 aromatic rings. The number of nitro groups is 1. The number of nitro benzene ring substituents is 1. The van der Waals surface area contributed by atoms with Gasteiger partial charge in [0.15, 0.2) is 0 Å². The first-order valence-corrected chi connectivity index (χ1v) is 6.43. The first-order chi connectivity index (χ1) is 8.43. The topological polar surface area (TPSA) is 46.4 Å². The van der Waals surface area contributed by atoms with Crippen LogP contribution in [-0.4, -0.2) is 23.4 Å². The van der Waals surface area contributed by atoms with E-state index < -0.39 is 4.92 Å². The molecule has 1 rings (SSSR count). The second-order valence-electron chi connectivity index (χ2n) is 4.75. The molecular formula is C13H19ClN2O2. The summed E-state index contributed by atoms with van der Waals surface area (Å²) in [5.74, 6) is 0.622. The highest BCUT2D eigenvalue weighted by molar-refractivity contribution is 6.32. The maximum Gasteiger partial charge on any atom is 0.288 e. The van der Waals surface area contributed by atoms with Crippen LogP contribution in [0, 0.1) is 16.0 Å². The van der Waals surface area contributed by atoms with Crippen LogP contribution in [-0.2, 0) is 6.54 Å². The Balaban J connectivity index is 2.73. The molecule has 0 aliphatic carbocycles. The minimum Gasteiger partial charge on any atom is -0.302 e. The fraction of sp³-hybridized carbons (Fsp3) is 0.538. The SMILES string of the molecule is CCC(C)CN(C)Cc1ccc(Cl)c([N+](=O)[O-])c1. The Hall–Kier alpha value is -1.13. The minimum atomic E-state index is -0.444. The summed E-state index contributed by atoms with van der Waals surface area (Å²) in [7, 11) is 2.02. The average molecular weight is 271 g/mol. The molecule has 1 unspecified atom stereocenters. The van der Waals surface area contributed by atoms with Gasteiger partial charge in [0.25, 0.3) is 5.69 Å². The summed E-state index contributed by atoms with van der Waals surface area (Å²) < 4.78 is 0. The number of hydrogen-bond donors (Lipinski definition) is 0. The third-order valence-corrected chi connectivity index (χ3v) is 3.30. The Morgan fingerprint density at radius 3 is 2.72 bits per heavy atom. The van der Waals surface area contributed by atoms with Gasteiger partial charge in [-0.1, -0.05) is 37.9 Å². The van der Waals surface area contributed by atoms with Gasteiger partial charge in [-0.25, -0.2) is 0 Å². The van der Waals surface area contributed by atoms with Crippen LogP contribution in [0.5, 0.6) is 0 Å². The zero-order valence-electron chi connectivity index (χ0n) is 11.0. The third kappa shape index (κ3) is 4.27. The number of benzene rings is 1.